The largest absolute Gasteiger partial charge is 0.355 e. The van der Waals surface area contributed by atoms with Crippen LogP contribution in [0.5, 0.6) is 0 Å². The van der Waals surface area contributed by atoms with E-state index in [2.05, 4.69) is 10.0 Å². The van der Waals surface area contributed by atoms with Gasteiger partial charge in [-0.3, -0.25) is 4.79 Å². The van der Waals surface area contributed by atoms with E-state index < -0.39 is 15.8 Å². The maximum atomic E-state index is 13.0. The molecule has 1 aromatic rings. The minimum atomic E-state index is -3.77. The van der Waals surface area contributed by atoms with E-state index in [1.54, 1.807) is 0 Å². The standard InChI is InChI=1S/C11H12ClFN2O3S/c12-9-5-8(2-3-10(9)13)19(17,18)15-7-1-4-11(16)14-6-7/h2-3,5,7,15H,1,4,6H2,(H,14,16). The van der Waals surface area contributed by atoms with E-state index in [1.165, 1.54) is 0 Å². The summed E-state index contributed by atoms with van der Waals surface area (Å²) in [6, 6.07) is 2.83. The smallest absolute Gasteiger partial charge is 0.240 e. The Bertz CT molecular complexity index is 596. The van der Waals surface area contributed by atoms with E-state index in [1.807, 2.05) is 0 Å². The fourth-order valence-electron chi connectivity index (χ4n) is 1.76. The molecule has 2 rings (SSSR count). The zero-order chi connectivity index (χ0) is 14.0. The third-order valence-corrected chi connectivity index (χ3v) is 4.60. The van der Waals surface area contributed by atoms with Gasteiger partial charge in [0.05, 0.1) is 9.92 Å². The molecule has 0 radical (unpaired) electrons. The molecule has 104 valence electrons. The molecule has 1 unspecified atom stereocenters. The van der Waals surface area contributed by atoms with Gasteiger partial charge in [0.2, 0.25) is 15.9 Å². The van der Waals surface area contributed by atoms with Gasteiger partial charge in [-0.25, -0.2) is 17.5 Å². The lowest BCUT2D eigenvalue weighted by atomic mass is 10.1. The van der Waals surface area contributed by atoms with E-state index in [0.29, 0.717) is 6.42 Å². The topological polar surface area (TPSA) is 75.3 Å². The molecule has 19 heavy (non-hydrogen) atoms. The molecule has 0 bridgehead atoms. The molecule has 1 saturated heterocycles. The number of carbonyl (C=O) groups excluding carboxylic acids is 1. The monoisotopic (exact) mass is 306 g/mol. The number of rotatable bonds is 3. The van der Waals surface area contributed by atoms with Crippen molar-refractivity contribution < 1.29 is 17.6 Å². The van der Waals surface area contributed by atoms with Crippen LogP contribution in [0.15, 0.2) is 23.1 Å². The Balaban J connectivity index is 2.13. The molecule has 1 fully saturated rings. The Labute approximate surface area is 115 Å². The number of hydrogen-bond acceptors (Lipinski definition) is 3. The highest BCUT2D eigenvalue weighted by Crippen LogP contribution is 2.20. The van der Waals surface area contributed by atoms with Crippen LogP contribution >= 0.6 is 11.6 Å². The van der Waals surface area contributed by atoms with Crippen molar-refractivity contribution in [3.63, 3.8) is 0 Å². The van der Waals surface area contributed by atoms with Crippen molar-refractivity contribution in [3.05, 3.63) is 29.0 Å². The SMILES string of the molecule is O=C1CCC(NS(=O)(=O)c2ccc(F)c(Cl)c2)CN1. The fraction of sp³-hybridized carbons (Fsp3) is 0.364. The summed E-state index contributed by atoms with van der Waals surface area (Å²) in [4.78, 5) is 10.9. The van der Waals surface area contributed by atoms with Crippen LogP contribution in [0.1, 0.15) is 12.8 Å². The molecular weight excluding hydrogens is 295 g/mol. The lowest BCUT2D eigenvalue weighted by molar-refractivity contribution is -0.122. The van der Waals surface area contributed by atoms with Crippen LogP contribution in [-0.4, -0.2) is 26.9 Å². The zero-order valence-electron chi connectivity index (χ0n) is 9.82. The molecule has 1 aliphatic heterocycles. The number of benzene rings is 1. The number of carbonyl (C=O) groups is 1. The van der Waals surface area contributed by atoms with Crippen molar-refractivity contribution in [2.45, 2.75) is 23.8 Å². The number of hydrogen-bond donors (Lipinski definition) is 2. The molecule has 0 saturated carbocycles. The van der Waals surface area contributed by atoms with Crippen molar-refractivity contribution >= 4 is 27.5 Å². The second kappa shape index (κ2) is 5.44. The minimum absolute atomic E-state index is 0.0970. The summed E-state index contributed by atoms with van der Waals surface area (Å²) in [6.07, 6.45) is 0.706. The first-order valence-corrected chi connectivity index (χ1v) is 7.49. The number of halogens is 2. The normalized spacial score (nSPS) is 20.1. The summed E-state index contributed by atoms with van der Waals surface area (Å²) >= 11 is 5.56. The minimum Gasteiger partial charge on any atom is -0.355 e. The quantitative estimate of drug-likeness (QED) is 0.876. The Hall–Kier alpha value is -1.18. The average Bonchev–Trinajstić information content (AvgIpc) is 2.35. The van der Waals surface area contributed by atoms with E-state index in [-0.39, 0.29) is 34.8 Å². The Morgan fingerprint density at radius 3 is 2.74 bits per heavy atom. The van der Waals surface area contributed by atoms with Crippen LogP contribution in [0.3, 0.4) is 0 Å². The van der Waals surface area contributed by atoms with Crippen molar-refractivity contribution in [3.8, 4) is 0 Å². The molecule has 5 nitrogen and oxygen atoms in total. The van der Waals surface area contributed by atoms with Gasteiger partial charge in [-0.15, -0.1) is 0 Å². The summed E-state index contributed by atoms with van der Waals surface area (Å²) < 4.78 is 39.5. The van der Waals surface area contributed by atoms with Crippen LogP contribution in [0, 0.1) is 5.82 Å². The highest BCUT2D eigenvalue weighted by molar-refractivity contribution is 7.89. The third kappa shape index (κ3) is 3.43. The molecule has 1 amide bonds. The predicted molar refractivity (Wildman–Crippen MR) is 67.8 cm³/mol. The van der Waals surface area contributed by atoms with Gasteiger partial charge in [-0.2, -0.15) is 0 Å². The molecule has 0 spiro atoms. The molecule has 1 atom stereocenters. The molecule has 1 aliphatic rings. The fourth-order valence-corrected chi connectivity index (χ4v) is 3.31. The van der Waals surface area contributed by atoms with Crippen LogP contribution < -0.4 is 10.0 Å². The van der Waals surface area contributed by atoms with Gasteiger partial charge in [0.1, 0.15) is 5.82 Å². The number of amides is 1. The Kier molecular flexibility index (Phi) is 4.07. The predicted octanol–water partition coefficient (Wildman–Crippen LogP) is 1.04. The van der Waals surface area contributed by atoms with Gasteiger partial charge in [0.15, 0.2) is 0 Å². The number of nitrogens with one attached hydrogen (secondary N) is 2. The average molecular weight is 307 g/mol. The Morgan fingerprint density at radius 1 is 1.42 bits per heavy atom. The third-order valence-electron chi connectivity index (χ3n) is 2.79. The lowest BCUT2D eigenvalue weighted by Crippen LogP contribution is -2.47. The van der Waals surface area contributed by atoms with Crippen molar-refractivity contribution in [2.24, 2.45) is 0 Å². The first-order valence-electron chi connectivity index (χ1n) is 5.62. The van der Waals surface area contributed by atoms with Gasteiger partial charge >= 0.3 is 0 Å². The first-order chi connectivity index (χ1) is 8.88. The van der Waals surface area contributed by atoms with Crippen molar-refractivity contribution in [2.75, 3.05) is 6.54 Å². The summed E-state index contributed by atoms with van der Waals surface area (Å²) in [5.41, 5.74) is 0. The maximum Gasteiger partial charge on any atom is 0.240 e. The van der Waals surface area contributed by atoms with Gasteiger partial charge < -0.3 is 5.32 Å². The molecule has 0 aliphatic carbocycles. The highest BCUT2D eigenvalue weighted by Gasteiger charge is 2.24. The van der Waals surface area contributed by atoms with E-state index in [9.17, 15) is 17.6 Å². The number of piperidine rings is 1. The van der Waals surface area contributed by atoms with E-state index >= 15 is 0 Å². The highest BCUT2D eigenvalue weighted by atomic mass is 35.5. The zero-order valence-corrected chi connectivity index (χ0v) is 11.4. The summed E-state index contributed by atoms with van der Waals surface area (Å²) in [5, 5.41) is 2.32. The van der Waals surface area contributed by atoms with Gasteiger partial charge in [0, 0.05) is 19.0 Å². The molecule has 8 heteroatoms. The molecule has 2 N–H and O–H groups in total. The van der Waals surface area contributed by atoms with Crippen LogP contribution in [0.2, 0.25) is 5.02 Å². The summed E-state index contributed by atoms with van der Waals surface area (Å²) in [5.74, 6) is -0.772. The van der Waals surface area contributed by atoms with E-state index in [4.69, 9.17) is 11.6 Å². The van der Waals surface area contributed by atoms with E-state index in [0.717, 1.165) is 18.2 Å². The molecule has 1 heterocycles. The first kappa shape index (κ1) is 14.2. The van der Waals surface area contributed by atoms with Crippen LogP contribution in [-0.2, 0) is 14.8 Å². The summed E-state index contributed by atoms with van der Waals surface area (Å²) in [6.45, 7) is 0.243. The van der Waals surface area contributed by atoms with Crippen molar-refractivity contribution in [1.82, 2.24) is 10.0 Å². The molecule has 0 aromatic heterocycles. The van der Waals surface area contributed by atoms with Crippen LogP contribution in [0.4, 0.5) is 4.39 Å². The van der Waals surface area contributed by atoms with Gasteiger partial charge in [-0.05, 0) is 24.6 Å². The Morgan fingerprint density at radius 2 is 2.16 bits per heavy atom. The summed E-state index contributed by atoms with van der Waals surface area (Å²) in [7, 11) is -3.77. The molecular formula is C11H12ClFN2O3S. The van der Waals surface area contributed by atoms with Crippen LogP contribution in [0.25, 0.3) is 0 Å². The number of sulfonamides is 1. The lowest BCUT2D eigenvalue weighted by Gasteiger charge is -2.23. The second-order valence-electron chi connectivity index (χ2n) is 4.24. The maximum absolute atomic E-state index is 13.0. The van der Waals surface area contributed by atoms with Gasteiger partial charge in [-0.1, -0.05) is 11.6 Å². The van der Waals surface area contributed by atoms with Gasteiger partial charge in [0.25, 0.3) is 0 Å². The molecule has 1 aromatic carbocycles. The van der Waals surface area contributed by atoms with Crippen molar-refractivity contribution in [1.29, 1.82) is 0 Å². The second-order valence-corrected chi connectivity index (χ2v) is 6.36.